The fraction of sp³-hybridized carbons (Fsp3) is 0.143. The lowest BCUT2D eigenvalue weighted by Crippen LogP contribution is -1.91. The molecular weight excluding hydrogens is 274 g/mol. The second-order valence-corrected chi connectivity index (χ2v) is 4.61. The molecule has 0 aliphatic heterocycles. The Balaban J connectivity index is 2.28. The molecule has 1 nitrogen and oxygen atoms in total. The minimum Gasteiger partial charge on any atom is -0.453 e. The summed E-state index contributed by atoms with van der Waals surface area (Å²) in [6, 6.07) is 9.95. The minimum absolute atomic E-state index is 0.134. The van der Waals surface area contributed by atoms with E-state index in [1.807, 2.05) is 13.0 Å². The van der Waals surface area contributed by atoms with Crippen LogP contribution in [0.15, 0.2) is 36.4 Å². The fourth-order valence-electron chi connectivity index (χ4n) is 1.52. The average Bonchev–Trinajstić information content (AvgIpc) is 2.34. The number of alkyl halides is 1. The number of hydrogen-bond donors (Lipinski definition) is 0. The fourth-order valence-corrected chi connectivity index (χ4v) is 1.96. The lowest BCUT2D eigenvalue weighted by Gasteiger charge is -2.09. The van der Waals surface area contributed by atoms with Crippen molar-refractivity contribution in [3.63, 3.8) is 0 Å². The van der Waals surface area contributed by atoms with Crippen LogP contribution in [0.25, 0.3) is 0 Å². The Morgan fingerprint density at radius 1 is 1.11 bits per heavy atom. The standard InChI is InChI=1S/C14H11Cl2FO/c1-9-2-4-13(11(16)6-9)18-14-5-3-10(8-15)7-12(14)17/h2-7H,8H2,1H3. The van der Waals surface area contributed by atoms with E-state index in [4.69, 9.17) is 27.9 Å². The van der Waals surface area contributed by atoms with E-state index in [9.17, 15) is 4.39 Å². The molecule has 0 aliphatic carbocycles. The van der Waals surface area contributed by atoms with E-state index in [0.717, 1.165) is 5.56 Å². The molecule has 0 atom stereocenters. The van der Waals surface area contributed by atoms with E-state index >= 15 is 0 Å². The summed E-state index contributed by atoms with van der Waals surface area (Å²) in [5, 5.41) is 0.454. The van der Waals surface area contributed by atoms with Crippen molar-refractivity contribution in [2.24, 2.45) is 0 Å². The van der Waals surface area contributed by atoms with Gasteiger partial charge in [-0.05, 0) is 42.3 Å². The summed E-state index contributed by atoms with van der Waals surface area (Å²) in [5.41, 5.74) is 1.72. The number of benzene rings is 2. The molecule has 0 spiro atoms. The molecule has 0 fully saturated rings. The molecule has 2 rings (SSSR count). The van der Waals surface area contributed by atoms with Gasteiger partial charge in [0.15, 0.2) is 11.6 Å². The highest BCUT2D eigenvalue weighted by Gasteiger charge is 2.08. The maximum atomic E-state index is 13.7. The van der Waals surface area contributed by atoms with Gasteiger partial charge in [-0.1, -0.05) is 23.7 Å². The molecule has 0 N–H and O–H groups in total. The Bertz CT molecular complexity index is 570. The Kier molecular flexibility index (Phi) is 4.10. The maximum Gasteiger partial charge on any atom is 0.166 e. The first-order valence-electron chi connectivity index (χ1n) is 5.38. The second-order valence-electron chi connectivity index (χ2n) is 3.93. The summed E-state index contributed by atoms with van der Waals surface area (Å²) >= 11 is 11.6. The summed E-state index contributed by atoms with van der Waals surface area (Å²) in [6.07, 6.45) is 0. The van der Waals surface area contributed by atoms with Crippen LogP contribution in [0.4, 0.5) is 4.39 Å². The van der Waals surface area contributed by atoms with Crippen molar-refractivity contribution >= 4 is 23.2 Å². The van der Waals surface area contributed by atoms with Gasteiger partial charge < -0.3 is 4.74 Å². The highest BCUT2D eigenvalue weighted by molar-refractivity contribution is 6.32. The molecule has 0 saturated heterocycles. The number of halogens is 3. The summed E-state index contributed by atoms with van der Waals surface area (Å²) in [7, 11) is 0. The van der Waals surface area contributed by atoms with Gasteiger partial charge in [0, 0.05) is 5.88 Å². The van der Waals surface area contributed by atoms with Crippen LogP contribution in [0, 0.1) is 12.7 Å². The number of ether oxygens (including phenoxy) is 1. The van der Waals surface area contributed by atoms with Crippen molar-refractivity contribution in [1.82, 2.24) is 0 Å². The first kappa shape index (κ1) is 13.2. The van der Waals surface area contributed by atoms with Crippen molar-refractivity contribution in [2.75, 3.05) is 0 Å². The van der Waals surface area contributed by atoms with Crippen LogP contribution >= 0.6 is 23.2 Å². The summed E-state index contributed by atoms with van der Waals surface area (Å²) in [5.74, 6) is 0.377. The molecule has 0 bridgehead atoms. The van der Waals surface area contributed by atoms with Crippen molar-refractivity contribution in [3.8, 4) is 11.5 Å². The zero-order valence-corrected chi connectivity index (χ0v) is 11.2. The van der Waals surface area contributed by atoms with Gasteiger partial charge in [-0.2, -0.15) is 0 Å². The van der Waals surface area contributed by atoms with Gasteiger partial charge >= 0.3 is 0 Å². The van der Waals surface area contributed by atoms with E-state index in [-0.39, 0.29) is 11.6 Å². The van der Waals surface area contributed by atoms with Crippen LogP contribution in [0.2, 0.25) is 5.02 Å². The predicted molar refractivity (Wildman–Crippen MR) is 72.2 cm³/mol. The zero-order valence-electron chi connectivity index (χ0n) is 9.71. The van der Waals surface area contributed by atoms with Crippen molar-refractivity contribution in [2.45, 2.75) is 12.8 Å². The summed E-state index contributed by atoms with van der Waals surface area (Å²) in [6.45, 7) is 1.92. The third-order valence-corrected chi connectivity index (χ3v) is 3.06. The van der Waals surface area contributed by atoms with E-state index in [1.54, 1.807) is 24.3 Å². The van der Waals surface area contributed by atoms with Crippen LogP contribution in [0.1, 0.15) is 11.1 Å². The van der Waals surface area contributed by atoms with E-state index in [2.05, 4.69) is 0 Å². The number of rotatable bonds is 3. The average molecular weight is 285 g/mol. The Morgan fingerprint density at radius 2 is 1.83 bits per heavy atom. The lowest BCUT2D eigenvalue weighted by atomic mass is 10.2. The van der Waals surface area contributed by atoms with Crippen LogP contribution in [-0.2, 0) is 5.88 Å². The first-order valence-corrected chi connectivity index (χ1v) is 6.30. The smallest absolute Gasteiger partial charge is 0.166 e. The van der Waals surface area contributed by atoms with Gasteiger partial charge in [0.2, 0.25) is 0 Å². The zero-order chi connectivity index (χ0) is 13.1. The summed E-state index contributed by atoms with van der Waals surface area (Å²) in [4.78, 5) is 0. The number of aryl methyl sites for hydroxylation is 1. The van der Waals surface area contributed by atoms with Gasteiger partial charge in [-0.25, -0.2) is 4.39 Å². The summed E-state index contributed by atoms with van der Waals surface area (Å²) < 4.78 is 19.2. The minimum atomic E-state index is -0.454. The van der Waals surface area contributed by atoms with E-state index in [0.29, 0.717) is 16.3 Å². The van der Waals surface area contributed by atoms with Crippen molar-refractivity contribution in [3.05, 3.63) is 58.4 Å². The molecule has 2 aromatic rings. The third kappa shape index (κ3) is 2.95. The largest absolute Gasteiger partial charge is 0.453 e. The highest BCUT2D eigenvalue weighted by Crippen LogP contribution is 2.31. The molecular formula is C14H11Cl2FO. The second kappa shape index (κ2) is 5.59. The SMILES string of the molecule is Cc1ccc(Oc2ccc(CCl)cc2F)c(Cl)c1. The molecule has 2 aromatic carbocycles. The van der Waals surface area contributed by atoms with Gasteiger partial charge in [0.25, 0.3) is 0 Å². The molecule has 4 heteroatoms. The van der Waals surface area contributed by atoms with Crippen LogP contribution in [0.5, 0.6) is 11.5 Å². The Morgan fingerprint density at radius 3 is 2.44 bits per heavy atom. The normalized spacial score (nSPS) is 10.4. The molecule has 0 radical (unpaired) electrons. The molecule has 0 aliphatic rings. The van der Waals surface area contributed by atoms with E-state index < -0.39 is 5.82 Å². The van der Waals surface area contributed by atoms with Gasteiger partial charge in [0.05, 0.1) is 5.02 Å². The van der Waals surface area contributed by atoms with Crippen LogP contribution in [0.3, 0.4) is 0 Å². The molecule has 0 unspecified atom stereocenters. The predicted octanol–water partition coefficient (Wildman–Crippen LogP) is 5.32. The third-order valence-electron chi connectivity index (χ3n) is 2.46. The van der Waals surface area contributed by atoms with E-state index in [1.165, 1.54) is 6.07 Å². The maximum absolute atomic E-state index is 13.7. The first-order chi connectivity index (χ1) is 8.60. The van der Waals surface area contributed by atoms with Gasteiger partial charge in [-0.3, -0.25) is 0 Å². The van der Waals surface area contributed by atoms with Crippen LogP contribution in [-0.4, -0.2) is 0 Å². The monoisotopic (exact) mass is 284 g/mol. The molecule has 0 heterocycles. The molecule has 18 heavy (non-hydrogen) atoms. The van der Waals surface area contributed by atoms with Crippen molar-refractivity contribution < 1.29 is 9.13 Å². The quantitative estimate of drug-likeness (QED) is 0.693. The molecule has 0 amide bonds. The molecule has 0 aromatic heterocycles. The molecule has 94 valence electrons. The Hall–Kier alpha value is -1.25. The lowest BCUT2D eigenvalue weighted by molar-refractivity contribution is 0.442. The Labute approximate surface area is 115 Å². The number of hydrogen-bond acceptors (Lipinski definition) is 1. The van der Waals surface area contributed by atoms with Gasteiger partial charge in [-0.15, -0.1) is 11.6 Å². The van der Waals surface area contributed by atoms with Crippen LogP contribution < -0.4 is 4.74 Å². The van der Waals surface area contributed by atoms with Crippen molar-refractivity contribution in [1.29, 1.82) is 0 Å². The van der Waals surface area contributed by atoms with Gasteiger partial charge in [0.1, 0.15) is 5.75 Å². The highest BCUT2D eigenvalue weighted by atomic mass is 35.5. The topological polar surface area (TPSA) is 9.23 Å². The molecule has 0 saturated carbocycles.